The molecule has 5 nitrogen and oxygen atoms in total. The largest absolute Gasteiger partial charge is 0.385 e. The molecule has 1 rings (SSSR count). The van der Waals surface area contributed by atoms with Gasteiger partial charge in [0.05, 0.1) is 5.75 Å². The molecule has 0 atom stereocenters. The lowest BCUT2D eigenvalue weighted by Gasteiger charge is -2.05. The van der Waals surface area contributed by atoms with Gasteiger partial charge in [-0.3, -0.25) is 4.79 Å². The molecule has 1 aromatic rings. The van der Waals surface area contributed by atoms with Crippen molar-refractivity contribution in [1.82, 2.24) is 9.97 Å². The number of carbonyl (C=O) groups excluding carboxylic acids is 1. The molecule has 0 aromatic carbocycles. The van der Waals surface area contributed by atoms with Gasteiger partial charge in [0.25, 0.3) is 0 Å². The number of aromatic nitrogens is 2. The van der Waals surface area contributed by atoms with E-state index in [4.69, 9.17) is 16.3 Å². The van der Waals surface area contributed by atoms with E-state index in [9.17, 15) is 4.79 Å². The number of nitrogens with one attached hydrogen (secondary N) is 1. The molecule has 0 aliphatic rings. The zero-order valence-electron chi connectivity index (χ0n) is 10.4. The van der Waals surface area contributed by atoms with E-state index in [1.807, 2.05) is 0 Å². The number of nitrogens with zero attached hydrogens (tertiary/aromatic N) is 2. The van der Waals surface area contributed by atoms with Crippen molar-refractivity contribution in [2.24, 2.45) is 0 Å². The molecule has 1 heterocycles. The first-order valence-electron chi connectivity index (χ1n) is 5.49. The molecule has 7 heteroatoms. The number of methoxy groups -OCH3 is 1. The molecule has 0 spiro atoms. The lowest BCUT2D eigenvalue weighted by Crippen LogP contribution is -2.16. The summed E-state index contributed by atoms with van der Waals surface area (Å²) in [4.78, 5) is 19.6. The van der Waals surface area contributed by atoms with Gasteiger partial charge in [0.2, 0.25) is 5.91 Å². The Kier molecular flexibility index (Phi) is 7.00. The van der Waals surface area contributed by atoms with Gasteiger partial charge in [0.1, 0.15) is 16.8 Å². The van der Waals surface area contributed by atoms with Crippen LogP contribution in [0.1, 0.15) is 12.2 Å². The highest BCUT2D eigenvalue weighted by molar-refractivity contribution is 7.99. The van der Waals surface area contributed by atoms with Gasteiger partial charge in [-0.05, 0) is 19.1 Å². The first-order valence-corrected chi connectivity index (χ1v) is 7.03. The third kappa shape index (κ3) is 6.18. The standard InChI is InChI=1S/C11H16ClN3O2S/c1-8-13-9(12)6-10(14-8)15-11(16)7-18-5-3-4-17-2/h6H,3-5,7H2,1-2H3,(H,13,14,15,16). The monoisotopic (exact) mass is 289 g/mol. The normalized spacial score (nSPS) is 10.4. The summed E-state index contributed by atoms with van der Waals surface area (Å²) >= 11 is 7.33. The van der Waals surface area contributed by atoms with Crippen LogP contribution in [0.25, 0.3) is 0 Å². The van der Waals surface area contributed by atoms with Gasteiger partial charge in [-0.25, -0.2) is 9.97 Å². The first kappa shape index (κ1) is 15.2. The van der Waals surface area contributed by atoms with Crippen LogP contribution >= 0.6 is 23.4 Å². The second-order valence-corrected chi connectivity index (χ2v) is 5.06. The zero-order valence-corrected chi connectivity index (χ0v) is 12.0. The van der Waals surface area contributed by atoms with E-state index in [1.54, 1.807) is 25.8 Å². The molecule has 0 aliphatic heterocycles. The lowest BCUT2D eigenvalue weighted by molar-refractivity contribution is -0.113. The summed E-state index contributed by atoms with van der Waals surface area (Å²) in [5, 5.41) is 3.01. The molecule has 100 valence electrons. The maximum atomic E-state index is 11.6. The van der Waals surface area contributed by atoms with Crippen LogP contribution in [0.3, 0.4) is 0 Å². The van der Waals surface area contributed by atoms with Crippen LogP contribution in [0.2, 0.25) is 5.15 Å². The Balaban J connectivity index is 2.31. The highest BCUT2D eigenvalue weighted by Gasteiger charge is 2.05. The van der Waals surface area contributed by atoms with Crippen molar-refractivity contribution in [2.75, 3.05) is 30.5 Å². The van der Waals surface area contributed by atoms with Crippen LogP contribution in [0.4, 0.5) is 5.82 Å². The van der Waals surface area contributed by atoms with Crippen molar-refractivity contribution in [1.29, 1.82) is 0 Å². The van der Waals surface area contributed by atoms with Crippen molar-refractivity contribution < 1.29 is 9.53 Å². The van der Waals surface area contributed by atoms with Gasteiger partial charge in [-0.2, -0.15) is 11.8 Å². The number of aryl methyl sites for hydroxylation is 1. The number of hydrogen-bond donors (Lipinski definition) is 1. The zero-order chi connectivity index (χ0) is 13.4. The van der Waals surface area contributed by atoms with Crippen LogP contribution in [0.15, 0.2) is 6.07 Å². The van der Waals surface area contributed by atoms with Crippen LogP contribution in [-0.2, 0) is 9.53 Å². The predicted octanol–water partition coefficient (Wildman–Crippen LogP) is 2.15. The predicted molar refractivity (Wildman–Crippen MR) is 74.2 cm³/mol. The second-order valence-electron chi connectivity index (χ2n) is 3.57. The Bertz CT molecular complexity index is 384. The van der Waals surface area contributed by atoms with Gasteiger partial charge in [-0.1, -0.05) is 11.6 Å². The molecular weight excluding hydrogens is 274 g/mol. The number of halogens is 1. The number of carbonyl (C=O) groups is 1. The number of thioether (sulfide) groups is 1. The highest BCUT2D eigenvalue weighted by Crippen LogP contribution is 2.11. The topological polar surface area (TPSA) is 64.1 Å². The average molecular weight is 290 g/mol. The van der Waals surface area contributed by atoms with Gasteiger partial charge in [0, 0.05) is 19.8 Å². The smallest absolute Gasteiger partial charge is 0.235 e. The number of hydrogen-bond acceptors (Lipinski definition) is 5. The van der Waals surface area contributed by atoms with Crippen molar-refractivity contribution in [3.8, 4) is 0 Å². The molecule has 1 aromatic heterocycles. The minimum atomic E-state index is -0.0911. The molecule has 1 N–H and O–H groups in total. The third-order valence-corrected chi connectivity index (χ3v) is 3.18. The molecule has 18 heavy (non-hydrogen) atoms. The Labute approximate surface area is 116 Å². The SMILES string of the molecule is COCCCSCC(=O)Nc1cc(Cl)nc(C)n1. The van der Waals surface area contributed by atoms with Gasteiger partial charge in [0.15, 0.2) is 0 Å². The van der Waals surface area contributed by atoms with Gasteiger partial charge >= 0.3 is 0 Å². The van der Waals surface area contributed by atoms with Crippen LogP contribution in [-0.4, -0.2) is 41.1 Å². The van der Waals surface area contributed by atoms with E-state index in [0.29, 0.717) is 22.5 Å². The van der Waals surface area contributed by atoms with Crippen LogP contribution in [0, 0.1) is 6.92 Å². The lowest BCUT2D eigenvalue weighted by atomic mass is 10.5. The van der Waals surface area contributed by atoms with E-state index in [0.717, 1.165) is 18.8 Å². The summed E-state index contributed by atoms with van der Waals surface area (Å²) in [5.74, 6) is 2.17. The summed E-state index contributed by atoms with van der Waals surface area (Å²) < 4.78 is 4.93. The fraction of sp³-hybridized carbons (Fsp3) is 0.545. The van der Waals surface area contributed by atoms with Crippen LogP contribution < -0.4 is 5.32 Å². The van der Waals surface area contributed by atoms with Crippen molar-refractivity contribution in [2.45, 2.75) is 13.3 Å². The summed E-state index contributed by atoms with van der Waals surface area (Å²) in [6.45, 7) is 2.44. The molecule has 0 fully saturated rings. The Morgan fingerprint density at radius 3 is 3.00 bits per heavy atom. The van der Waals surface area contributed by atoms with E-state index >= 15 is 0 Å². The number of ether oxygens (including phenoxy) is 1. The van der Waals surface area contributed by atoms with E-state index < -0.39 is 0 Å². The maximum absolute atomic E-state index is 11.6. The minimum Gasteiger partial charge on any atom is -0.385 e. The molecule has 0 aliphatic carbocycles. The highest BCUT2D eigenvalue weighted by atomic mass is 35.5. The van der Waals surface area contributed by atoms with E-state index in [1.165, 1.54) is 6.07 Å². The van der Waals surface area contributed by atoms with Gasteiger partial charge in [-0.15, -0.1) is 0 Å². The molecule has 0 saturated carbocycles. The van der Waals surface area contributed by atoms with Crippen molar-refractivity contribution in [3.63, 3.8) is 0 Å². The summed E-state index contributed by atoms with van der Waals surface area (Å²) in [6.07, 6.45) is 0.937. The Morgan fingerprint density at radius 2 is 2.33 bits per heavy atom. The van der Waals surface area contributed by atoms with E-state index in [2.05, 4.69) is 15.3 Å². The number of rotatable bonds is 7. The molecule has 0 unspecified atom stereocenters. The van der Waals surface area contributed by atoms with Gasteiger partial charge < -0.3 is 10.1 Å². The Morgan fingerprint density at radius 1 is 1.56 bits per heavy atom. The quantitative estimate of drug-likeness (QED) is 0.615. The van der Waals surface area contributed by atoms with E-state index in [-0.39, 0.29) is 5.91 Å². The summed E-state index contributed by atoms with van der Waals surface area (Å²) in [5.41, 5.74) is 0. The number of anilines is 1. The first-order chi connectivity index (χ1) is 8.61. The molecule has 0 saturated heterocycles. The minimum absolute atomic E-state index is 0.0911. The molecule has 0 radical (unpaired) electrons. The maximum Gasteiger partial charge on any atom is 0.235 e. The van der Waals surface area contributed by atoms with Crippen molar-refractivity contribution >= 4 is 35.1 Å². The summed E-state index contributed by atoms with van der Waals surface area (Å²) in [6, 6.07) is 1.53. The fourth-order valence-corrected chi connectivity index (χ4v) is 2.19. The van der Waals surface area contributed by atoms with Crippen molar-refractivity contribution in [3.05, 3.63) is 17.0 Å². The third-order valence-electron chi connectivity index (χ3n) is 1.94. The molecular formula is C11H16ClN3O2S. The second kappa shape index (κ2) is 8.29. The molecule has 0 bridgehead atoms. The molecule has 1 amide bonds. The Hall–Kier alpha value is -0.850. The van der Waals surface area contributed by atoms with Crippen LogP contribution in [0.5, 0.6) is 0 Å². The fourth-order valence-electron chi connectivity index (χ4n) is 1.24. The summed E-state index contributed by atoms with van der Waals surface area (Å²) in [7, 11) is 1.67. The average Bonchev–Trinajstić information content (AvgIpc) is 2.27. The number of amides is 1.